The molecule has 0 unspecified atom stereocenters. The number of ether oxygens (including phenoxy) is 1. The zero-order chi connectivity index (χ0) is 13.9. The third-order valence-corrected chi connectivity index (χ3v) is 2.35. The molecule has 0 amide bonds. The number of nitrogens with zero attached hydrogens (tertiary/aromatic N) is 1. The molecular formula is C11H11F2NO4. The monoisotopic (exact) mass is 259 g/mol. The lowest BCUT2D eigenvalue weighted by atomic mass is 10.0. The second-order valence-corrected chi connectivity index (χ2v) is 3.49. The Morgan fingerprint density at radius 3 is 2.50 bits per heavy atom. The van der Waals surface area contributed by atoms with Crippen molar-refractivity contribution in [3.63, 3.8) is 0 Å². The van der Waals surface area contributed by atoms with Crippen molar-refractivity contribution in [2.24, 2.45) is 0 Å². The van der Waals surface area contributed by atoms with E-state index in [1.807, 2.05) is 0 Å². The number of carbonyl (C=O) groups is 1. The van der Waals surface area contributed by atoms with Crippen LogP contribution in [-0.4, -0.2) is 17.3 Å². The van der Waals surface area contributed by atoms with Gasteiger partial charge in [0, 0.05) is 5.56 Å². The zero-order valence-electron chi connectivity index (χ0n) is 9.78. The van der Waals surface area contributed by atoms with E-state index >= 15 is 0 Å². The van der Waals surface area contributed by atoms with Gasteiger partial charge in [-0.1, -0.05) is 6.92 Å². The minimum absolute atomic E-state index is 0.298. The van der Waals surface area contributed by atoms with Gasteiger partial charge < -0.3 is 4.74 Å². The van der Waals surface area contributed by atoms with Crippen LogP contribution in [0.4, 0.5) is 14.5 Å². The fourth-order valence-corrected chi connectivity index (χ4v) is 1.64. The summed E-state index contributed by atoms with van der Waals surface area (Å²) >= 11 is 0. The van der Waals surface area contributed by atoms with Gasteiger partial charge in [-0.3, -0.25) is 14.9 Å². The number of hydrogen-bond acceptors (Lipinski definition) is 4. The average Bonchev–Trinajstić information content (AvgIpc) is 2.26. The average molecular weight is 259 g/mol. The van der Waals surface area contributed by atoms with Crippen LogP contribution in [0.3, 0.4) is 0 Å². The Kier molecular flexibility index (Phi) is 4.30. The van der Waals surface area contributed by atoms with Gasteiger partial charge in [0.05, 0.1) is 4.92 Å². The minimum atomic E-state index is -3.14. The summed E-state index contributed by atoms with van der Waals surface area (Å²) in [7, 11) is 0. The number of aryl methyl sites for hydroxylation is 1. The fraction of sp³-hybridized carbons (Fsp3) is 0.364. The quantitative estimate of drug-likeness (QED) is 0.463. The van der Waals surface area contributed by atoms with Crippen LogP contribution >= 0.6 is 0 Å². The number of rotatable bonds is 5. The first-order valence-corrected chi connectivity index (χ1v) is 5.14. The Bertz CT molecular complexity index is 488. The lowest BCUT2D eigenvalue weighted by molar-refractivity contribution is -0.385. The predicted molar refractivity (Wildman–Crippen MR) is 59.1 cm³/mol. The second kappa shape index (κ2) is 5.52. The summed E-state index contributed by atoms with van der Waals surface area (Å²) in [4.78, 5) is 21.6. The number of nitro benzene ring substituents is 1. The smallest absolute Gasteiger partial charge is 0.387 e. The Labute approximate surface area is 102 Å². The first-order chi connectivity index (χ1) is 8.38. The van der Waals surface area contributed by atoms with Crippen LogP contribution in [-0.2, 0) is 6.42 Å². The number of alkyl halides is 2. The highest BCUT2D eigenvalue weighted by Gasteiger charge is 2.27. The summed E-state index contributed by atoms with van der Waals surface area (Å²) in [6.45, 7) is -0.407. The first kappa shape index (κ1) is 14.0. The Morgan fingerprint density at radius 2 is 2.11 bits per heavy atom. The molecule has 0 heterocycles. The van der Waals surface area contributed by atoms with Crippen molar-refractivity contribution in [1.82, 2.24) is 0 Å². The maximum atomic E-state index is 12.2. The Morgan fingerprint density at radius 1 is 1.50 bits per heavy atom. The fourth-order valence-electron chi connectivity index (χ4n) is 1.64. The van der Waals surface area contributed by atoms with Crippen molar-refractivity contribution >= 4 is 11.5 Å². The van der Waals surface area contributed by atoms with E-state index in [2.05, 4.69) is 4.74 Å². The predicted octanol–water partition coefficient (Wildman–Crippen LogP) is 2.96. The SMILES string of the molecule is CCc1ccc(OC(F)F)c(C(C)=O)c1[N+](=O)[O-]. The van der Waals surface area contributed by atoms with E-state index in [1.165, 1.54) is 6.07 Å². The molecule has 0 aromatic heterocycles. The molecule has 7 heteroatoms. The Balaban J connectivity index is 3.51. The molecule has 0 saturated heterocycles. The minimum Gasteiger partial charge on any atom is -0.434 e. The molecule has 0 aliphatic heterocycles. The van der Waals surface area contributed by atoms with E-state index < -0.39 is 34.3 Å². The van der Waals surface area contributed by atoms with E-state index in [9.17, 15) is 23.7 Å². The van der Waals surface area contributed by atoms with Crippen LogP contribution in [0.5, 0.6) is 5.75 Å². The molecule has 0 aliphatic rings. The van der Waals surface area contributed by atoms with Gasteiger partial charge in [0.25, 0.3) is 5.69 Å². The summed E-state index contributed by atoms with van der Waals surface area (Å²) in [5.74, 6) is -1.16. The molecule has 0 aliphatic carbocycles. The van der Waals surface area contributed by atoms with E-state index in [0.29, 0.717) is 12.0 Å². The number of hydrogen-bond donors (Lipinski definition) is 0. The Hall–Kier alpha value is -2.05. The third-order valence-electron chi connectivity index (χ3n) is 2.35. The summed E-state index contributed by atoms with van der Waals surface area (Å²) in [5, 5.41) is 11.0. The van der Waals surface area contributed by atoms with Crippen LogP contribution in [0.1, 0.15) is 29.8 Å². The second-order valence-electron chi connectivity index (χ2n) is 3.49. The molecule has 0 bridgehead atoms. The first-order valence-electron chi connectivity index (χ1n) is 5.14. The molecule has 5 nitrogen and oxygen atoms in total. The number of halogens is 2. The molecule has 1 rings (SSSR count). The van der Waals surface area contributed by atoms with Gasteiger partial charge in [-0.05, 0) is 25.5 Å². The lowest BCUT2D eigenvalue weighted by Gasteiger charge is -2.11. The van der Waals surface area contributed by atoms with Gasteiger partial charge in [-0.2, -0.15) is 8.78 Å². The maximum Gasteiger partial charge on any atom is 0.387 e. The summed E-state index contributed by atoms with van der Waals surface area (Å²) in [6, 6.07) is 2.46. The topological polar surface area (TPSA) is 69.4 Å². The van der Waals surface area contributed by atoms with Crippen LogP contribution in [0.25, 0.3) is 0 Å². The van der Waals surface area contributed by atoms with E-state index in [-0.39, 0.29) is 0 Å². The molecule has 0 atom stereocenters. The number of nitro groups is 1. The number of Topliss-reactive ketones (excluding diaryl/α,β-unsaturated/α-hetero) is 1. The highest BCUT2D eigenvalue weighted by molar-refractivity contribution is 6.01. The molecule has 0 fully saturated rings. The van der Waals surface area contributed by atoms with E-state index in [4.69, 9.17) is 0 Å². The van der Waals surface area contributed by atoms with Gasteiger partial charge in [0.2, 0.25) is 0 Å². The molecular weight excluding hydrogens is 248 g/mol. The van der Waals surface area contributed by atoms with Gasteiger partial charge in [0.1, 0.15) is 11.3 Å². The van der Waals surface area contributed by atoms with Crippen molar-refractivity contribution in [3.8, 4) is 5.75 Å². The van der Waals surface area contributed by atoms with Crippen LogP contribution < -0.4 is 4.74 Å². The van der Waals surface area contributed by atoms with Gasteiger partial charge >= 0.3 is 6.61 Å². The van der Waals surface area contributed by atoms with Crippen molar-refractivity contribution in [2.45, 2.75) is 26.9 Å². The molecule has 1 aromatic carbocycles. The number of ketones is 1. The van der Waals surface area contributed by atoms with Gasteiger partial charge in [-0.15, -0.1) is 0 Å². The molecule has 1 aromatic rings. The standard InChI is InChI=1S/C11H11F2NO4/c1-3-7-4-5-8(18-11(12)13)9(6(2)15)10(7)14(16)17/h4-5,11H,3H2,1-2H3. The summed E-state index contributed by atoms with van der Waals surface area (Å²) in [5.41, 5.74) is -0.588. The van der Waals surface area contributed by atoms with Gasteiger partial charge in [0.15, 0.2) is 5.78 Å². The maximum absolute atomic E-state index is 12.2. The molecule has 0 N–H and O–H groups in total. The van der Waals surface area contributed by atoms with Crippen LogP contribution in [0, 0.1) is 10.1 Å². The van der Waals surface area contributed by atoms with Crippen molar-refractivity contribution in [1.29, 1.82) is 0 Å². The normalized spacial score (nSPS) is 10.5. The highest BCUT2D eigenvalue weighted by Crippen LogP contribution is 2.33. The van der Waals surface area contributed by atoms with Crippen molar-refractivity contribution < 1.29 is 23.2 Å². The largest absolute Gasteiger partial charge is 0.434 e. The molecule has 0 saturated carbocycles. The zero-order valence-corrected chi connectivity index (χ0v) is 9.78. The van der Waals surface area contributed by atoms with Gasteiger partial charge in [-0.25, -0.2) is 0 Å². The number of carbonyl (C=O) groups excluding carboxylic acids is 1. The summed E-state index contributed by atoms with van der Waals surface area (Å²) < 4.78 is 28.5. The number of benzene rings is 1. The third kappa shape index (κ3) is 2.79. The van der Waals surface area contributed by atoms with Crippen LogP contribution in [0.15, 0.2) is 12.1 Å². The van der Waals surface area contributed by atoms with Crippen molar-refractivity contribution in [3.05, 3.63) is 33.4 Å². The van der Waals surface area contributed by atoms with Crippen LogP contribution in [0.2, 0.25) is 0 Å². The lowest BCUT2D eigenvalue weighted by Crippen LogP contribution is -2.10. The molecule has 0 spiro atoms. The molecule has 98 valence electrons. The highest BCUT2D eigenvalue weighted by atomic mass is 19.3. The van der Waals surface area contributed by atoms with E-state index in [0.717, 1.165) is 13.0 Å². The van der Waals surface area contributed by atoms with Crippen molar-refractivity contribution in [2.75, 3.05) is 0 Å². The molecule has 18 heavy (non-hydrogen) atoms. The molecule has 0 radical (unpaired) electrons. The van der Waals surface area contributed by atoms with E-state index in [1.54, 1.807) is 6.92 Å². The summed E-state index contributed by atoms with van der Waals surface area (Å²) in [6.07, 6.45) is 0.311.